The van der Waals surface area contributed by atoms with Crippen molar-refractivity contribution >= 4 is 0 Å². The summed E-state index contributed by atoms with van der Waals surface area (Å²) in [4.78, 5) is 0. The number of benzene rings is 1. The van der Waals surface area contributed by atoms with Crippen molar-refractivity contribution in [3.8, 4) is 17.6 Å². The number of methoxy groups -OCH3 is 1. The van der Waals surface area contributed by atoms with Crippen LogP contribution in [0.4, 0.5) is 4.39 Å². The van der Waals surface area contributed by atoms with Crippen molar-refractivity contribution in [2.75, 3.05) is 20.3 Å². The molecular weight excluding hydrogens is 221 g/mol. The maximum absolute atomic E-state index is 13.1. The Balaban J connectivity index is 2.90. The van der Waals surface area contributed by atoms with E-state index in [-0.39, 0.29) is 18.5 Å². The van der Waals surface area contributed by atoms with Gasteiger partial charge in [-0.2, -0.15) is 0 Å². The number of nitrogens with two attached hydrogens (primary N) is 1. The molecule has 92 valence electrons. The lowest BCUT2D eigenvalue weighted by Gasteiger charge is -2.15. The molecule has 17 heavy (non-hydrogen) atoms. The van der Waals surface area contributed by atoms with Gasteiger partial charge in [-0.25, -0.2) is 4.39 Å². The molecule has 0 aliphatic heterocycles. The van der Waals surface area contributed by atoms with Crippen molar-refractivity contribution in [1.29, 1.82) is 0 Å². The third-order valence-electron chi connectivity index (χ3n) is 2.00. The minimum absolute atomic E-state index is 0.166. The fraction of sp³-hybridized carbons (Fsp3) is 0.385. The minimum Gasteiger partial charge on any atom is -0.487 e. The lowest BCUT2D eigenvalue weighted by atomic mass is 10.2. The van der Waals surface area contributed by atoms with Crippen LogP contribution in [0.2, 0.25) is 0 Å². The van der Waals surface area contributed by atoms with Crippen LogP contribution in [-0.2, 0) is 4.74 Å². The Morgan fingerprint density at radius 1 is 1.47 bits per heavy atom. The van der Waals surface area contributed by atoms with Crippen molar-refractivity contribution in [2.24, 2.45) is 5.73 Å². The third-order valence-corrected chi connectivity index (χ3v) is 2.00. The van der Waals surface area contributed by atoms with Gasteiger partial charge >= 0.3 is 0 Å². The largest absolute Gasteiger partial charge is 0.487 e. The highest BCUT2D eigenvalue weighted by Gasteiger charge is 2.08. The molecule has 0 amide bonds. The molecule has 1 aromatic carbocycles. The summed E-state index contributed by atoms with van der Waals surface area (Å²) in [5.74, 6) is 5.61. The first kappa shape index (κ1) is 13.5. The van der Waals surface area contributed by atoms with E-state index in [1.54, 1.807) is 13.2 Å². The normalized spacial score (nSPS) is 11.5. The van der Waals surface area contributed by atoms with Gasteiger partial charge in [0.25, 0.3) is 0 Å². The van der Waals surface area contributed by atoms with E-state index < -0.39 is 0 Å². The van der Waals surface area contributed by atoms with Crippen molar-refractivity contribution in [3.05, 3.63) is 29.6 Å². The van der Waals surface area contributed by atoms with Gasteiger partial charge in [-0.1, -0.05) is 11.8 Å². The molecule has 0 aliphatic rings. The molecule has 0 saturated heterocycles. The van der Waals surface area contributed by atoms with Gasteiger partial charge in [-0.3, -0.25) is 0 Å². The van der Waals surface area contributed by atoms with Crippen LogP contribution >= 0.6 is 0 Å². The van der Waals surface area contributed by atoms with Crippen molar-refractivity contribution in [3.63, 3.8) is 0 Å². The van der Waals surface area contributed by atoms with E-state index in [2.05, 4.69) is 11.8 Å². The average molecular weight is 237 g/mol. The van der Waals surface area contributed by atoms with Crippen LogP contribution in [0, 0.1) is 17.7 Å². The second-order valence-corrected chi connectivity index (χ2v) is 3.53. The van der Waals surface area contributed by atoms with Crippen LogP contribution in [0.5, 0.6) is 5.75 Å². The average Bonchev–Trinajstić information content (AvgIpc) is 2.28. The molecule has 4 heteroatoms. The molecule has 1 rings (SSSR count). The summed E-state index contributed by atoms with van der Waals surface area (Å²) in [5, 5.41) is 0. The molecular formula is C13H16FNO2. The van der Waals surface area contributed by atoms with Crippen LogP contribution in [0.15, 0.2) is 18.2 Å². The Labute approximate surface area is 101 Å². The zero-order valence-corrected chi connectivity index (χ0v) is 10.00. The van der Waals surface area contributed by atoms with E-state index in [9.17, 15) is 4.39 Å². The van der Waals surface area contributed by atoms with E-state index >= 15 is 0 Å². The fourth-order valence-corrected chi connectivity index (χ4v) is 1.33. The van der Waals surface area contributed by atoms with E-state index in [0.717, 1.165) is 0 Å². The lowest BCUT2D eigenvalue weighted by Crippen LogP contribution is -2.18. The number of ether oxygens (including phenoxy) is 2. The van der Waals surface area contributed by atoms with Gasteiger partial charge in [0.2, 0.25) is 0 Å². The fourth-order valence-electron chi connectivity index (χ4n) is 1.33. The molecule has 0 spiro atoms. The second-order valence-electron chi connectivity index (χ2n) is 3.53. The van der Waals surface area contributed by atoms with Crippen molar-refractivity contribution in [1.82, 2.24) is 0 Å². The molecule has 0 heterocycles. The Kier molecular flexibility index (Phi) is 5.47. The Morgan fingerprint density at radius 2 is 2.24 bits per heavy atom. The quantitative estimate of drug-likeness (QED) is 0.808. The molecule has 1 aromatic rings. The van der Waals surface area contributed by atoms with Gasteiger partial charge in [0.05, 0.1) is 18.7 Å². The smallest absolute Gasteiger partial charge is 0.138 e. The third kappa shape index (κ3) is 4.43. The molecule has 0 aliphatic carbocycles. The first-order valence-electron chi connectivity index (χ1n) is 5.31. The maximum atomic E-state index is 13.1. The summed E-state index contributed by atoms with van der Waals surface area (Å²) in [6, 6.07) is 4.23. The van der Waals surface area contributed by atoms with Crippen LogP contribution in [0.25, 0.3) is 0 Å². The molecule has 0 fully saturated rings. The molecule has 0 saturated carbocycles. The topological polar surface area (TPSA) is 44.5 Å². The molecule has 3 nitrogen and oxygen atoms in total. The minimum atomic E-state index is -0.358. The van der Waals surface area contributed by atoms with E-state index in [0.29, 0.717) is 17.9 Å². The SMILES string of the molecule is COCC(C)Oc1cc(F)ccc1C#CCN. The van der Waals surface area contributed by atoms with Gasteiger partial charge in [0, 0.05) is 13.2 Å². The summed E-state index contributed by atoms with van der Waals surface area (Å²) < 4.78 is 23.6. The van der Waals surface area contributed by atoms with E-state index in [1.807, 2.05) is 6.92 Å². The first-order chi connectivity index (χ1) is 8.17. The molecule has 1 atom stereocenters. The molecule has 1 unspecified atom stereocenters. The van der Waals surface area contributed by atoms with E-state index in [4.69, 9.17) is 15.2 Å². The van der Waals surface area contributed by atoms with Crippen LogP contribution in [-0.4, -0.2) is 26.4 Å². The van der Waals surface area contributed by atoms with Crippen LogP contribution in [0.1, 0.15) is 12.5 Å². The Hall–Kier alpha value is -1.57. The van der Waals surface area contributed by atoms with Crippen LogP contribution < -0.4 is 10.5 Å². The Morgan fingerprint density at radius 3 is 2.88 bits per heavy atom. The van der Waals surface area contributed by atoms with E-state index in [1.165, 1.54) is 12.1 Å². The zero-order valence-electron chi connectivity index (χ0n) is 10.00. The first-order valence-corrected chi connectivity index (χ1v) is 5.31. The standard InChI is InChI=1S/C13H16FNO2/c1-10(9-16-2)17-13-8-12(14)6-5-11(13)4-3-7-15/h5-6,8,10H,7,9,15H2,1-2H3. The number of hydrogen-bond donors (Lipinski definition) is 1. The molecule has 0 bridgehead atoms. The van der Waals surface area contributed by atoms with Crippen molar-refractivity contribution in [2.45, 2.75) is 13.0 Å². The molecule has 2 N–H and O–H groups in total. The monoisotopic (exact) mass is 237 g/mol. The zero-order chi connectivity index (χ0) is 12.7. The summed E-state index contributed by atoms with van der Waals surface area (Å²) in [6.07, 6.45) is -0.166. The highest BCUT2D eigenvalue weighted by atomic mass is 19.1. The number of halogens is 1. The highest BCUT2D eigenvalue weighted by Crippen LogP contribution is 2.20. The lowest BCUT2D eigenvalue weighted by molar-refractivity contribution is 0.0917. The summed E-state index contributed by atoms with van der Waals surface area (Å²) in [7, 11) is 1.58. The van der Waals surface area contributed by atoms with Gasteiger partial charge < -0.3 is 15.2 Å². The number of rotatable bonds is 4. The summed E-state index contributed by atoms with van der Waals surface area (Å²) >= 11 is 0. The molecule has 0 aromatic heterocycles. The maximum Gasteiger partial charge on any atom is 0.138 e. The van der Waals surface area contributed by atoms with Gasteiger partial charge in [-0.05, 0) is 19.1 Å². The highest BCUT2D eigenvalue weighted by molar-refractivity contribution is 5.46. The predicted octanol–water partition coefficient (Wildman–Crippen LogP) is 1.55. The van der Waals surface area contributed by atoms with Crippen LogP contribution in [0.3, 0.4) is 0 Å². The number of hydrogen-bond acceptors (Lipinski definition) is 3. The van der Waals surface area contributed by atoms with Gasteiger partial charge in [0.1, 0.15) is 17.7 Å². The second kappa shape index (κ2) is 6.89. The van der Waals surface area contributed by atoms with Crippen molar-refractivity contribution < 1.29 is 13.9 Å². The molecule has 0 radical (unpaired) electrons. The van der Waals surface area contributed by atoms with Gasteiger partial charge in [-0.15, -0.1) is 0 Å². The summed E-state index contributed by atoms with van der Waals surface area (Å²) in [5.41, 5.74) is 5.92. The van der Waals surface area contributed by atoms with Gasteiger partial charge in [0.15, 0.2) is 0 Å². The Bertz CT molecular complexity index is 423. The predicted molar refractivity (Wildman–Crippen MR) is 64.3 cm³/mol. The summed E-state index contributed by atoms with van der Waals surface area (Å²) in [6.45, 7) is 2.53.